The summed E-state index contributed by atoms with van der Waals surface area (Å²) < 4.78 is 16.0. The fourth-order valence-corrected chi connectivity index (χ4v) is 3.55. The van der Waals surface area contributed by atoms with E-state index in [1.807, 2.05) is 19.1 Å². The number of aliphatic imine (C=N–C) groups is 1. The van der Waals surface area contributed by atoms with Crippen molar-refractivity contribution in [3.63, 3.8) is 0 Å². The largest absolute Gasteiger partial charge is 0.497 e. The summed E-state index contributed by atoms with van der Waals surface area (Å²) in [6.45, 7) is 9.45. The normalized spacial score (nSPS) is 16.2. The average Bonchev–Trinajstić information content (AvgIpc) is 3.22. The lowest BCUT2D eigenvalue weighted by atomic mass is 10.0. The zero-order chi connectivity index (χ0) is 21.9. The number of aromatic nitrogens is 2. The highest BCUT2D eigenvalue weighted by Crippen LogP contribution is 2.24. The SMILES string of the molecule is CCNC(=NCC(c1ccc(OC)cc1)N1CCOCC1)NCCCc1nc(C)no1. The summed E-state index contributed by atoms with van der Waals surface area (Å²) in [5, 5.41) is 10.6. The lowest BCUT2D eigenvalue weighted by Crippen LogP contribution is -2.42. The quantitative estimate of drug-likeness (QED) is 0.335. The van der Waals surface area contributed by atoms with Gasteiger partial charge < -0.3 is 24.6 Å². The van der Waals surface area contributed by atoms with Crippen molar-refractivity contribution >= 4 is 5.96 Å². The van der Waals surface area contributed by atoms with Crippen LogP contribution in [0.25, 0.3) is 0 Å². The fraction of sp³-hybridized carbons (Fsp3) is 0.591. The van der Waals surface area contributed by atoms with Crippen molar-refractivity contribution in [1.82, 2.24) is 25.7 Å². The van der Waals surface area contributed by atoms with Crippen LogP contribution in [0.2, 0.25) is 0 Å². The topological polar surface area (TPSA) is 97.0 Å². The first-order valence-electron chi connectivity index (χ1n) is 11.0. The number of ether oxygens (including phenoxy) is 2. The molecule has 1 aromatic heterocycles. The Kier molecular flexibility index (Phi) is 9.11. The Morgan fingerprint density at radius 1 is 1.23 bits per heavy atom. The number of morpholine rings is 1. The molecule has 0 bridgehead atoms. The fourth-order valence-electron chi connectivity index (χ4n) is 3.55. The second-order valence-electron chi connectivity index (χ2n) is 7.42. The van der Waals surface area contributed by atoms with Gasteiger partial charge in [-0.15, -0.1) is 0 Å². The van der Waals surface area contributed by atoms with Crippen molar-refractivity contribution in [2.75, 3.05) is 53.0 Å². The van der Waals surface area contributed by atoms with E-state index in [9.17, 15) is 0 Å². The van der Waals surface area contributed by atoms with E-state index < -0.39 is 0 Å². The number of aryl methyl sites for hydroxylation is 2. The molecular weight excluding hydrogens is 396 g/mol. The zero-order valence-electron chi connectivity index (χ0n) is 18.8. The minimum atomic E-state index is 0.187. The van der Waals surface area contributed by atoms with Gasteiger partial charge in [-0.05, 0) is 38.0 Å². The van der Waals surface area contributed by atoms with Gasteiger partial charge >= 0.3 is 0 Å². The van der Waals surface area contributed by atoms with E-state index in [1.165, 1.54) is 5.56 Å². The minimum absolute atomic E-state index is 0.187. The number of nitrogens with one attached hydrogen (secondary N) is 2. The predicted octanol–water partition coefficient (Wildman–Crippen LogP) is 1.95. The Morgan fingerprint density at radius 3 is 2.65 bits per heavy atom. The number of hydrogen-bond acceptors (Lipinski definition) is 7. The van der Waals surface area contributed by atoms with Crippen LogP contribution in [-0.2, 0) is 11.2 Å². The van der Waals surface area contributed by atoms with Gasteiger partial charge in [0.1, 0.15) is 5.75 Å². The Labute approximate surface area is 184 Å². The maximum Gasteiger partial charge on any atom is 0.226 e. The van der Waals surface area contributed by atoms with Gasteiger partial charge in [-0.1, -0.05) is 17.3 Å². The third-order valence-electron chi connectivity index (χ3n) is 5.18. The lowest BCUT2D eigenvalue weighted by molar-refractivity contribution is 0.0179. The summed E-state index contributed by atoms with van der Waals surface area (Å²) in [6, 6.07) is 8.46. The molecule has 9 nitrogen and oxygen atoms in total. The van der Waals surface area contributed by atoms with Gasteiger partial charge in [0, 0.05) is 32.6 Å². The molecule has 0 aliphatic carbocycles. The molecule has 1 aliphatic rings. The van der Waals surface area contributed by atoms with Gasteiger partial charge in [0.05, 0.1) is 32.9 Å². The Morgan fingerprint density at radius 2 is 2.00 bits per heavy atom. The molecule has 2 N–H and O–H groups in total. The molecule has 31 heavy (non-hydrogen) atoms. The van der Waals surface area contributed by atoms with E-state index in [0.29, 0.717) is 18.3 Å². The van der Waals surface area contributed by atoms with E-state index in [4.69, 9.17) is 19.0 Å². The van der Waals surface area contributed by atoms with E-state index in [0.717, 1.165) is 63.9 Å². The molecule has 1 fully saturated rings. The molecule has 1 unspecified atom stereocenters. The number of nitrogens with zero attached hydrogens (tertiary/aromatic N) is 4. The van der Waals surface area contributed by atoms with E-state index in [-0.39, 0.29) is 6.04 Å². The lowest BCUT2D eigenvalue weighted by Gasteiger charge is -2.34. The molecular formula is C22H34N6O3. The maximum absolute atomic E-state index is 5.55. The first kappa shape index (κ1) is 23.0. The van der Waals surface area contributed by atoms with E-state index in [1.54, 1.807) is 7.11 Å². The highest BCUT2D eigenvalue weighted by Gasteiger charge is 2.22. The van der Waals surface area contributed by atoms with Gasteiger partial charge in [-0.3, -0.25) is 9.89 Å². The second kappa shape index (κ2) is 12.3. The number of guanidine groups is 1. The molecule has 0 amide bonds. The van der Waals surface area contributed by atoms with Crippen molar-refractivity contribution in [2.24, 2.45) is 4.99 Å². The van der Waals surface area contributed by atoms with Crippen LogP contribution < -0.4 is 15.4 Å². The maximum atomic E-state index is 5.55. The van der Waals surface area contributed by atoms with Crippen LogP contribution in [0.3, 0.4) is 0 Å². The van der Waals surface area contributed by atoms with Crippen LogP contribution in [0.5, 0.6) is 5.75 Å². The van der Waals surface area contributed by atoms with Crippen molar-refractivity contribution in [3.05, 3.63) is 41.5 Å². The van der Waals surface area contributed by atoms with Gasteiger partial charge in [0.15, 0.2) is 11.8 Å². The third-order valence-corrected chi connectivity index (χ3v) is 5.18. The van der Waals surface area contributed by atoms with Crippen molar-refractivity contribution in [3.8, 4) is 5.75 Å². The van der Waals surface area contributed by atoms with Crippen LogP contribution >= 0.6 is 0 Å². The molecule has 1 aromatic carbocycles. The monoisotopic (exact) mass is 430 g/mol. The zero-order valence-corrected chi connectivity index (χ0v) is 18.8. The molecule has 0 spiro atoms. The Bertz CT molecular complexity index is 802. The Hall–Kier alpha value is -2.65. The van der Waals surface area contributed by atoms with Crippen molar-refractivity contribution in [1.29, 1.82) is 0 Å². The number of benzene rings is 1. The minimum Gasteiger partial charge on any atom is -0.497 e. The summed E-state index contributed by atoms with van der Waals surface area (Å²) in [5.74, 6) is 3.02. The Balaban J connectivity index is 1.61. The first-order chi connectivity index (χ1) is 15.2. The van der Waals surface area contributed by atoms with Crippen LogP contribution in [0.15, 0.2) is 33.8 Å². The molecule has 170 valence electrons. The molecule has 0 radical (unpaired) electrons. The molecule has 1 saturated heterocycles. The molecule has 0 saturated carbocycles. The van der Waals surface area contributed by atoms with Crippen LogP contribution in [0, 0.1) is 6.92 Å². The van der Waals surface area contributed by atoms with Gasteiger partial charge in [-0.25, -0.2) is 0 Å². The number of rotatable bonds is 10. The number of methoxy groups -OCH3 is 1. The van der Waals surface area contributed by atoms with Gasteiger partial charge in [0.2, 0.25) is 5.89 Å². The standard InChI is InChI=1S/C22H34N6O3/c1-4-23-22(24-11-5-6-21-26-17(2)27-31-21)25-16-20(28-12-14-30-15-13-28)18-7-9-19(29-3)10-8-18/h7-10,20H,4-6,11-16H2,1-3H3,(H2,23,24,25). The molecule has 9 heteroatoms. The molecule has 1 atom stereocenters. The number of hydrogen-bond donors (Lipinski definition) is 2. The summed E-state index contributed by atoms with van der Waals surface area (Å²) in [4.78, 5) is 11.6. The highest BCUT2D eigenvalue weighted by atomic mass is 16.5. The van der Waals surface area contributed by atoms with Crippen molar-refractivity contribution in [2.45, 2.75) is 32.7 Å². The van der Waals surface area contributed by atoms with Crippen LogP contribution in [-0.4, -0.2) is 74.0 Å². The summed E-state index contributed by atoms with van der Waals surface area (Å²) in [6.07, 6.45) is 1.63. The van der Waals surface area contributed by atoms with Crippen molar-refractivity contribution < 1.29 is 14.0 Å². The molecule has 2 aromatic rings. The second-order valence-corrected chi connectivity index (χ2v) is 7.42. The molecule has 2 heterocycles. The summed E-state index contributed by atoms with van der Waals surface area (Å²) in [5.41, 5.74) is 1.23. The predicted molar refractivity (Wildman–Crippen MR) is 119 cm³/mol. The smallest absolute Gasteiger partial charge is 0.226 e. The molecule has 3 rings (SSSR count). The van der Waals surface area contributed by atoms with E-state index >= 15 is 0 Å². The van der Waals surface area contributed by atoms with E-state index in [2.05, 4.69) is 44.7 Å². The highest BCUT2D eigenvalue weighted by molar-refractivity contribution is 5.79. The molecule has 1 aliphatic heterocycles. The summed E-state index contributed by atoms with van der Waals surface area (Å²) >= 11 is 0. The first-order valence-corrected chi connectivity index (χ1v) is 11.0. The van der Waals surface area contributed by atoms with Crippen LogP contribution in [0.1, 0.15) is 36.7 Å². The third kappa shape index (κ3) is 7.22. The van der Waals surface area contributed by atoms with Gasteiger partial charge in [-0.2, -0.15) is 4.98 Å². The average molecular weight is 431 g/mol. The van der Waals surface area contributed by atoms with Gasteiger partial charge in [0.25, 0.3) is 0 Å². The van der Waals surface area contributed by atoms with Crippen LogP contribution in [0.4, 0.5) is 0 Å². The summed E-state index contributed by atoms with van der Waals surface area (Å²) in [7, 11) is 1.69.